The molecule has 0 radical (unpaired) electrons. The molecule has 94 valence electrons. The number of aryl methyl sites for hydroxylation is 3. The van der Waals surface area contributed by atoms with Crippen LogP contribution in [0.4, 0.5) is 0 Å². The minimum atomic E-state index is -0.896. The molecule has 0 unspecified atom stereocenters. The van der Waals surface area contributed by atoms with Gasteiger partial charge in [-0.1, -0.05) is 23.6 Å². The van der Waals surface area contributed by atoms with Crippen molar-refractivity contribution in [2.75, 3.05) is 6.61 Å². The fraction of sp³-hybridized carbons (Fsp3) is 0.333. The lowest BCUT2D eigenvalue weighted by atomic mass is 10.0. The van der Waals surface area contributed by atoms with Gasteiger partial charge in [-0.3, -0.25) is 4.79 Å². The SMILES string of the molecule is CCOC(=O)C(=O)C#Cc1c(C)cc(C)cc1C. The van der Waals surface area contributed by atoms with E-state index >= 15 is 0 Å². The molecule has 0 aliphatic heterocycles. The third-order valence-electron chi connectivity index (χ3n) is 2.44. The molecule has 3 heteroatoms. The van der Waals surface area contributed by atoms with Crippen molar-refractivity contribution >= 4 is 11.8 Å². The van der Waals surface area contributed by atoms with Crippen molar-refractivity contribution in [3.05, 3.63) is 34.4 Å². The van der Waals surface area contributed by atoms with Crippen LogP contribution in [0.15, 0.2) is 12.1 Å². The molecule has 1 aromatic rings. The van der Waals surface area contributed by atoms with E-state index in [4.69, 9.17) is 0 Å². The first-order valence-corrected chi connectivity index (χ1v) is 5.76. The average Bonchev–Trinajstić information content (AvgIpc) is 2.27. The summed E-state index contributed by atoms with van der Waals surface area (Å²) in [5, 5.41) is 0. The van der Waals surface area contributed by atoms with Crippen LogP contribution in [0, 0.1) is 32.6 Å². The number of ketones is 1. The summed E-state index contributed by atoms with van der Waals surface area (Å²) in [6.07, 6.45) is 0. The van der Waals surface area contributed by atoms with E-state index in [-0.39, 0.29) is 6.61 Å². The topological polar surface area (TPSA) is 43.4 Å². The molecule has 0 atom stereocenters. The van der Waals surface area contributed by atoms with Gasteiger partial charge < -0.3 is 4.74 Å². The maximum Gasteiger partial charge on any atom is 0.388 e. The van der Waals surface area contributed by atoms with Crippen LogP contribution in [0.3, 0.4) is 0 Å². The fourth-order valence-corrected chi connectivity index (χ4v) is 1.74. The Bertz CT molecular complexity index is 522. The molecular formula is C15H16O3. The van der Waals surface area contributed by atoms with Crippen molar-refractivity contribution in [2.45, 2.75) is 27.7 Å². The van der Waals surface area contributed by atoms with Crippen LogP contribution >= 0.6 is 0 Å². The van der Waals surface area contributed by atoms with E-state index in [1.54, 1.807) is 6.92 Å². The van der Waals surface area contributed by atoms with E-state index in [9.17, 15) is 9.59 Å². The highest BCUT2D eigenvalue weighted by Gasteiger charge is 2.11. The number of benzene rings is 1. The predicted molar refractivity (Wildman–Crippen MR) is 69.2 cm³/mol. The Kier molecular flexibility index (Phi) is 4.67. The Morgan fingerprint density at radius 2 is 1.72 bits per heavy atom. The number of esters is 1. The van der Waals surface area contributed by atoms with Crippen LogP contribution in [-0.4, -0.2) is 18.4 Å². The minimum absolute atomic E-state index is 0.175. The molecule has 0 aliphatic rings. The van der Waals surface area contributed by atoms with Gasteiger partial charge in [-0.25, -0.2) is 4.79 Å². The molecule has 0 saturated heterocycles. The van der Waals surface area contributed by atoms with Gasteiger partial charge in [0.25, 0.3) is 0 Å². The molecule has 1 aromatic carbocycles. The second-order valence-corrected chi connectivity index (χ2v) is 4.07. The number of ether oxygens (including phenoxy) is 1. The van der Waals surface area contributed by atoms with Crippen molar-refractivity contribution in [1.29, 1.82) is 0 Å². The van der Waals surface area contributed by atoms with Crippen LogP contribution in [-0.2, 0) is 14.3 Å². The number of carbonyl (C=O) groups is 2. The maximum atomic E-state index is 11.3. The smallest absolute Gasteiger partial charge is 0.388 e. The molecule has 0 N–H and O–H groups in total. The van der Waals surface area contributed by atoms with E-state index < -0.39 is 11.8 Å². The summed E-state index contributed by atoms with van der Waals surface area (Å²) in [5.74, 6) is 3.36. The van der Waals surface area contributed by atoms with Crippen molar-refractivity contribution in [2.24, 2.45) is 0 Å². The van der Waals surface area contributed by atoms with Gasteiger partial charge in [-0.15, -0.1) is 0 Å². The number of hydrogen-bond acceptors (Lipinski definition) is 3. The van der Waals surface area contributed by atoms with Gasteiger partial charge in [0.15, 0.2) is 0 Å². The Morgan fingerprint density at radius 3 is 2.22 bits per heavy atom. The Labute approximate surface area is 107 Å². The van der Waals surface area contributed by atoms with Crippen LogP contribution in [0.1, 0.15) is 29.2 Å². The van der Waals surface area contributed by atoms with Gasteiger partial charge in [-0.05, 0) is 44.7 Å². The zero-order chi connectivity index (χ0) is 13.7. The Morgan fingerprint density at radius 1 is 1.17 bits per heavy atom. The number of hydrogen-bond donors (Lipinski definition) is 0. The molecule has 0 spiro atoms. The molecule has 0 aromatic heterocycles. The largest absolute Gasteiger partial charge is 0.459 e. The quantitative estimate of drug-likeness (QED) is 0.454. The summed E-state index contributed by atoms with van der Waals surface area (Å²) < 4.78 is 4.58. The zero-order valence-corrected chi connectivity index (χ0v) is 11.1. The lowest BCUT2D eigenvalue weighted by Crippen LogP contribution is -2.15. The maximum absolute atomic E-state index is 11.3. The molecule has 0 amide bonds. The highest BCUT2D eigenvalue weighted by Crippen LogP contribution is 2.14. The molecule has 0 heterocycles. The second kappa shape index (κ2) is 6.02. The van der Waals surface area contributed by atoms with Crippen molar-refractivity contribution in [1.82, 2.24) is 0 Å². The van der Waals surface area contributed by atoms with E-state index in [1.165, 1.54) is 0 Å². The van der Waals surface area contributed by atoms with Crippen LogP contribution in [0.25, 0.3) is 0 Å². The van der Waals surface area contributed by atoms with Crippen molar-refractivity contribution in [3.63, 3.8) is 0 Å². The molecule has 3 nitrogen and oxygen atoms in total. The lowest BCUT2D eigenvalue weighted by molar-refractivity contribution is -0.150. The summed E-state index contributed by atoms with van der Waals surface area (Å²) in [4.78, 5) is 22.5. The third kappa shape index (κ3) is 3.46. The predicted octanol–water partition coefficient (Wildman–Crippen LogP) is 2.10. The summed E-state index contributed by atoms with van der Waals surface area (Å²) in [7, 11) is 0. The fourth-order valence-electron chi connectivity index (χ4n) is 1.74. The van der Waals surface area contributed by atoms with E-state index in [2.05, 4.69) is 16.6 Å². The van der Waals surface area contributed by atoms with E-state index in [1.807, 2.05) is 32.9 Å². The lowest BCUT2D eigenvalue weighted by Gasteiger charge is -2.04. The number of carbonyl (C=O) groups excluding carboxylic acids is 2. The summed E-state index contributed by atoms with van der Waals surface area (Å²) in [6.45, 7) is 7.68. The highest BCUT2D eigenvalue weighted by atomic mass is 16.5. The first-order valence-electron chi connectivity index (χ1n) is 5.76. The molecule has 0 aliphatic carbocycles. The van der Waals surface area contributed by atoms with Gasteiger partial charge >= 0.3 is 11.8 Å². The van der Waals surface area contributed by atoms with Gasteiger partial charge in [-0.2, -0.15) is 0 Å². The van der Waals surface area contributed by atoms with Gasteiger partial charge in [0, 0.05) is 5.56 Å². The average molecular weight is 244 g/mol. The normalized spacial score (nSPS) is 9.33. The molecule has 0 saturated carbocycles. The highest BCUT2D eigenvalue weighted by molar-refractivity contribution is 6.40. The Balaban J connectivity index is 3.00. The first-order chi connectivity index (χ1) is 8.45. The standard InChI is InChI=1S/C15H16O3/c1-5-18-15(17)14(16)7-6-13-11(3)8-10(2)9-12(13)4/h8-9H,5H2,1-4H3. The van der Waals surface area contributed by atoms with Crippen LogP contribution < -0.4 is 0 Å². The van der Waals surface area contributed by atoms with Gasteiger partial charge in [0.1, 0.15) is 0 Å². The van der Waals surface area contributed by atoms with Crippen LogP contribution in [0.2, 0.25) is 0 Å². The van der Waals surface area contributed by atoms with E-state index in [0.717, 1.165) is 22.3 Å². The second-order valence-electron chi connectivity index (χ2n) is 4.07. The summed E-state index contributed by atoms with van der Waals surface area (Å²) in [5.41, 5.74) is 3.93. The molecule has 1 rings (SSSR count). The third-order valence-corrected chi connectivity index (χ3v) is 2.44. The minimum Gasteiger partial charge on any atom is -0.459 e. The van der Waals surface area contributed by atoms with Crippen LogP contribution in [0.5, 0.6) is 0 Å². The molecule has 0 fully saturated rings. The molecular weight excluding hydrogens is 228 g/mol. The van der Waals surface area contributed by atoms with E-state index in [0.29, 0.717) is 0 Å². The van der Waals surface area contributed by atoms with Crippen molar-refractivity contribution in [3.8, 4) is 11.8 Å². The number of rotatable bonds is 2. The number of Topliss-reactive ketones (excluding diaryl/α,β-unsaturated/α-hetero) is 1. The zero-order valence-electron chi connectivity index (χ0n) is 11.1. The summed E-state index contributed by atoms with van der Waals surface area (Å²) >= 11 is 0. The monoisotopic (exact) mass is 244 g/mol. The summed E-state index contributed by atoms with van der Waals surface area (Å²) in [6, 6.07) is 3.98. The van der Waals surface area contributed by atoms with Gasteiger partial charge in [0.2, 0.25) is 0 Å². The first kappa shape index (κ1) is 14.0. The Hall–Kier alpha value is -2.08. The molecule has 18 heavy (non-hydrogen) atoms. The van der Waals surface area contributed by atoms with Gasteiger partial charge in [0.05, 0.1) is 6.61 Å². The van der Waals surface area contributed by atoms with Crippen molar-refractivity contribution < 1.29 is 14.3 Å². The molecule has 0 bridgehead atoms.